The van der Waals surface area contributed by atoms with Crippen molar-refractivity contribution < 1.29 is 19.4 Å². The Hall–Kier alpha value is -3.86. The molecular formula is C28H27NO4. The van der Waals surface area contributed by atoms with Gasteiger partial charge in [-0.3, -0.25) is 4.79 Å². The molecule has 1 fully saturated rings. The fourth-order valence-corrected chi connectivity index (χ4v) is 4.25. The quantitative estimate of drug-likeness (QED) is 0.506. The van der Waals surface area contributed by atoms with Crippen LogP contribution in [-0.4, -0.2) is 40.1 Å². The summed E-state index contributed by atoms with van der Waals surface area (Å²) in [6, 6.07) is 27.4. The highest BCUT2D eigenvalue weighted by atomic mass is 16.5. The number of nitrogens with zero attached hydrogens (tertiary/aromatic N) is 1. The predicted molar refractivity (Wildman–Crippen MR) is 128 cm³/mol. The van der Waals surface area contributed by atoms with E-state index in [-0.39, 0.29) is 11.8 Å². The molecule has 1 saturated heterocycles. The molecule has 1 aliphatic heterocycles. The molecular weight excluding hydrogens is 414 g/mol. The van der Waals surface area contributed by atoms with Crippen LogP contribution < -0.4 is 4.74 Å². The van der Waals surface area contributed by atoms with Crippen molar-refractivity contribution in [2.24, 2.45) is 5.92 Å². The highest BCUT2D eigenvalue weighted by Gasteiger charge is 2.53. The van der Waals surface area contributed by atoms with Crippen molar-refractivity contribution in [3.63, 3.8) is 0 Å². The summed E-state index contributed by atoms with van der Waals surface area (Å²) >= 11 is 0. The van der Waals surface area contributed by atoms with Crippen LogP contribution in [0.3, 0.4) is 0 Å². The third-order valence-corrected chi connectivity index (χ3v) is 5.83. The Bertz CT molecular complexity index is 1080. The second-order valence-corrected chi connectivity index (χ2v) is 8.43. The summed E-state index contributed by atoms with van der Waals surface area (Å²) < 4.78 is 6.06. The van der Waals surface area contributed by atoms with Crippen molar-refractivity contribution in [2.45, 2.75) is 32.0 Å². The lowest BCUT2D eigenvalue weighted by Gasteiger charge is -2.49. The Balaban J connectivity index is 1.80. The van der Waals surface area contributed by atoms with E-state index in [1.54, 1.807) is 12.1 Å². The molecule has 5 heteroatoms. The molecule has 0 spiro atoms. The van der Waals surface area contributed by atoms with Gasteiger partial charge in [-0.1, -0.05) is 92.7 Å². The second kappa shape index (κ2) is 9.74. The Labute approximate surface area is 193 Å². The van der Waals surface area contributed by atoms with Gasteiger partial charge in [-0.15, -0.1) is 0 Å². The van der Waals surface area contributed by atoms with E-state index >= 15 is 0 Å². The molecule has 168 valence electrons. The van der Waals surface area contributed by atoms with Gasteiger partial charge in [-0.2, -0.15) is 0 Å². The number of hydrogen-bond donors (Lipinski definition) is 1. The van der Waals surface area contributed by atoms with Crippen LogP contribution >= 0.6 is 0 Å². The molecule has 1 heterocycles. The summed E-state index contributed by atoms with van der Waals surface area (Å²) in [7, 11) is 0. The Kier molecular flexibility index (Phi) is 6.59. The van der Waals surface area contributed by atoms with Gasteiger partial charge in [0.2, 0.25) is 6.10 Å². The molecule has 5 nitrogen and oxygen atoms in total. The summed E-state index contributed by atoms with van der Waals surface area (Å²) in [6.07, 6.45) is 1.17. The van der Waals surface area contributed by atoms with Gasteiger partial charge in [0.25, 0.3) is 5.91 Å². The van der Waals surface area contributed by atoms with Crippen LogP contribution in [0, 0.1) is 5.92 Å². The maximum Gasteiger partial charge on any atom is 0.326 e. The lowest BCUT2D eigenvalue weighted by atomic mass is 9.86. The number of para-hydroxylation sites is 1. The van der Waals surface area contributed by atoms with Crippen molar-refractivity contribution in [3.05, 3.63) is 108 Å². The first-order valence-corrected chi connectivity index (χ1v) is 11.1. The smallest absolute Gasteiger partial charge is 0.326 e. The summed E-state index contributed by atoms with van der Waals surface area (Å²) in [4.78, 5) is 26.7. The SMILES string of the molecule is CC(C)[C@@H](C(=O)O)N1C(=O)[C@H](Oc2ccccc2)[C@@H]1C=C(c1ccccc1)c1ccccc1. The van der Waals surface area contributed by atoms with Crippen molar-refractivity contribution in [1.29, 1.82) is 0 Å². The standard InChI is InChI=1S/C28H27NO4/c1-19(2)25(28(31)32)29-24(26(27(29)30)33-22-16-10-5-11-17-22)18-23(20-12-6-3-7-13-20)21-14-8-4-9-15-21/h3-19,24-26H,1-2H3,(H,31,32)/t24-,25-,26+/m0/s1. The lowest BCUT2D eigenvalue weighted by molar-refractivity contribution is -0.174. The number of benzene rings is 3. The average molecular weight is 442 g/mol. The molecule has 0 bridgehead atoms. The number of carbonyl (C=O) groups is 2. The van der Waals surface area contributed by atoms with Crippen molar-refractivity contribution in [3.8, 4) is 5.75 Å². The molecule has 0 aliphatic carbocycles. The molecule has 0 aromatic heterocycles. The van der Waals surface area contributed by atoms with Crippen molar-refractivity contribution >= 4 is 17.4 Å². The van der Waals surface area contributed by atoms with Gasteiger partial charge in [0.05, 0.1) is 6.04 Å². The number of likely N-dealkylation sites (tertiary alicyclic amines) is 1. The highest BCUT2D eigenvalue weighted by Crippen LogP contribution is 2.35. The van der Waals surface area contributed by atoms with Crippen LogP contribution in [0.5, 0.6) is 5.75 Å². The number of amides is 1. The van der Waals surface area contributed by atoms with Crippen LogP contribution in [0.4, 0.5) is 0 Å². The summed E-state index contributed by atoms with van der Waals surface area (Å²) in [5.41, 5.74) is 2.89. The van der Waals surface area contributed by atoms with E-state index in [4.69, 9.17) is 4.74 Å². The number of aliphatic carboxylic acids is 1. The molecule has 3 aromatic carbocycles. The van der Waals surface area contributed by atoms with E-state index in [1.807, 2.05) is 98.8 Å². The van der Waals surface area contributed by atoms with Crippen molar-refractivity contribution in [2.75, 3.05) is 0 Å². The monoisotopic (exact) mass is 441 g/mol. The topological polar surface area (TPSA) is 66.8 Å². The first kappa shape index (κ1) is 22.3. The lowest BCUT2D eigenvalue weighted by Crippen LogP contribution is -2.71. The van der Waals surface area contributed by atoms with E-state index in [0.29, 0.717) is 5.75 Å². The van der Waals surface area contributed by atoms with Crippen molar-refractivity contribution in [1.82, 2.24) is 4.90 Å². The van der Waals surface area contributed by atoms with Gasteiger partial charge in [0, 0.05) is 0 Å². The summed E-state index contributed by atoms with van der Waals surface area (Å²) in [5, 5.41) is 9.90. The molecule has 3 aromatic rings. The molecule has 33 heavy (non-hydrogen) atoms. The van der Waals surface area contributed by atoms with E-state index in [9.17, 15) is 14.7 Å². The third-order valence-electron chi connectivity index (χ3n) is 5.83. The molecule has 1 aliphatic rings. The van der Waals surface area contributed by atoms with Crippen LogP contribution in [-0.2, 0) is 9.59 Å². The number of carboxylic acids is 1. The van der Waals surface area contributed by atoms with Gasteiger partial charge in [-0.05, 0) is 40.8 Å². The predicted octanol–water partition coefficient (Wildman–Crippen LogP) is 4.89. The zero-order chi connectivity index (χ0) is 23.4. The molecule has 0 saturated carbocycles. The normalized spacial score (nSPS) is 18.4. The van der Waals surface area contributed by atoms with E-state index in [2.05, 4.69) is 0 Å². The molecule has 3 atom stereocenters. The minimum absolute atomic E-state index is 0.253. The number of ether oxygens (including phenoxy) is 1. The molecule has 4 rings (SSSR count). The largest absolute Gasteiger partial charge is 0.480 e. The molecule has 0 radical (unpaired) electrons. The van der Waals surface area contributed by atoms with Crippen LogP contribution in [0.2, 0.25) is 0 Å². The van der Waals surface area contributed by atoms with E-state index in [0.717, 1.165) is 16.7 Å². The Morgan fingerprint density at radius 3 is 1.82 bits per heavy atom. The van der Waals surface area contributed by atoms with E-state index in [1.165, 1.54) is 4.90 Å². The summed E-state index contributed by atoms with van der Waals surface area (Å²) in [5.74, 6) is -1.01. The van der Waals surface area contributed by atoms with Gasteiger partial charge < -0.3 is 14.7 Å². The number of hydrogen-bond acceptors (Lipinski definition) is 3. The number of β-lactam (4-membered cyclic amide) rings is 1. The Morgan fingerprint density at radius 1 is 0.879 bits per heavy atom. The van der Waals surface area contributed by atoms with Crippen LogP contribution in [0.1, 0.15) is 25.0 Å². The zero-order valence-corrected chi connectivity index (χ0v) is 18.7. The first-order chi connectivity index (χ1) is 16.0. The molecule has 0 unspecified atom stereocenters. The average Bonchev–Trinajstić information content (AvgIpc) is 2.83. The highest BCUT2D eigenvalue weighted by molar-refractivity contribution is 5.95. The van der Waals surface area contributed by atoms with Crippen LogP contribution in [0.25, 0.3) is 5.57 Å². The minimum Gasteiger partial charge on any atom is -0.480 e. The zero-order valence-electron chi connectivity index (χ0n) is 18.7. The number of carboxylic acid groups (broad SMARTS) is 1. The Morgan fingerprint density at radius 2 is 1.36 bits per heavy atom. The van der Waals surface area contributed by atoms with E-state index < -0.39 is 24.2 Å². The molecule has 1 N–H and O–H groups in total. The second-order valence-electron chi connectivity index (χ2n) is 8.43. The number of rotatable bonds is 8. The van der Waals surface area contributed by atoms with Gasteiger partial charge in [0.15, 0.2) is 0 Å². The van der Waals surface area contributed by atoms with Crippen LogP contribution in [0.15, 0.2) is 97.1 Å². The molecule has 1 amide bonds. The minimum atomic E-state index is -1.02. The number of carbonyl (C=O) groups excluding carboxylic acids is 1. The van der Waals surface area contributed by atoms with Gasteiger partial charge >= 0.3 is 5.97 Å². The third kappa shape index (κ3) is 4.67. The van der Waals surface area contributed by atoms with Gasteiger partial charge in [0.1, 0.15) is 11.8 Å². The first-order valence-electron chi connectivity index (χ1n) is 11.1. The summed E-state index contributed by atoms with van der Waals surface area (Å²) in [6.45, 7) is 3.63. The maximum atomic E-state index is 13.2. The maximum absolute atomic E-state index is 13.2. The van der Waals surface area contributed by atoms with Gasteiger partial charge in [-0.25, -0.2) is 4.79 Å². The fraction of sp³-hybridized carbons (Fsp3) is 0.214. The fourth-order valence-electron chi connectivity index (χ4n) is 4.25.